The molecule has 3 N–H and O–H groups in total. The van der Waals surface area contributed by atoms with Crippen LogP contribution >= 0.6 is 0 Å². The fourth-order valence-electron chi connectivity index (χ4n) is 2.18. The third-order valence-electron chi connectivity index (χ3n) is 3.29. The van der Waals surface area contributed by atoms with E-state index in [1.165, 1.54) is 0 Å². The minimum absolute atomic E-state index is 0.0114. The monoisotopic (exact) mass is 212 g/mol. The summed E-state index contributed by atoms with van der Waals surface area (Å²) < 4.78 is 0. The molecule has 0 bridgehead atoms. The molecular formula is C10H16N2O3. The summed E-state index contributed by atoms with van der Waals surface area (Å²) in [6.45, 7) is 0.740. The Balaban J connectivity index is 1.86. The molecule has 5 heteroatoms. The SMILES string of the molecule is O=C1NCCCC1NC1CCC1C(=O)O. The minimum atomic E-state index is -0.755. The molecular weight excluding hydrogens is 196 g/mol. The Morgan fingerprint density at radius 2 is 2.20 bits per heavy atom. The van der Waals surface area contributed by atoms with Gasteiger partial charge in [-0.25, -0.2) is 0 Å². The predicted molar refractivity (Wildman–Crippen MR) is 53.3 cm³/mol. The number of carboxylic acids is 1. The van der Waals surface area contributed by atoms with E-state index >= 15 is 0 Å². The lowest BCUT2D eigenvalue weighted by Gasteiger charge is -2.37. The number of rotatable bonds is 3. The molecule has 1 heterocycles. The third kappa shape index (κ3) is 2.12. The number of carbonyl (C=O) groups is 2. The highest BCUT2D eigenvalue weighted by atomic mass is 16.4. The van der Waals surface area contributed by atoms with Gasteiger partial charge in [0.15, 0.2) is 0 Å². The van der Waals surface area contributed by atoms with Gasteiger partial charge >= 0.3 is 5.97 Å². The van der Waals surface area contributed by atoms with E-state index in [0.717, 1.165) is 32.2 Å². The lowest BCUT2D eigenvalue weighted by molar-refractivity contribution is -0.146. The zero-order valence-electron chi connectivity index (χ0n) is 8.53. The van der Waals surface area contributed by atoms with E-state index in [1.807, 2.05) is 0 Å². The second kappa shape index (κ2) is 4.18. The van der Waals surface area contributed by atoms with Gasteiger partial charge in [0.1, 0.15) is 0 Å². The van der Waals surface area contributed by atoms with Crippen molar-refractivity contribution in [2.45, 2.75) is 37.8 Å². The molecule has 0 spiro atoms. The predicted octanol–water partition coefficient (Wildman–Crippen LogP) is -0.282. The van der Waals surface area contributed by atoms with Gasteiger partial charge in [-0.15, -0.1) is 0 Å². The van der Waals surface area contributed by atoms with E-state index in [2.05, 4.69) is 10.6 Å². The summed E-state index contributed by atoms with van der Waals surface area (Å²) in [4.78, 5) is 22.2. The van der Waals surface area contributed by atoms with Crippen LogP contribution in [-0.2, 0) is 9.59 Å². The molecule has 2 aliphatic rings. The second-order valence-electron chi connectivity index (χ2n) is 4.28. The zero-order chi connectivity index (χ0) is 10.8. The summed E-state index contributed by atoms with van der Waals surface area (Å²) >= 11 is 0. The molecule has 1 saturated carbocycles. The van der Waals surface area contributed by atoms with Crippen LogP contribution < -0.4 is 10.6 Å². The van der Waals surface area contributed by atoms with E-state index in [-0.39, 0.29) is 23.9 Å². The molecule has 1 aliphatic heterocycles. The Labute approximate surface area is 88.2 Å². The molecule has 3 unspecified atom stereocenters. The largest absolute Gasteiger partial charge is 0.481 e. The van der Waals surface area contributed by atoms with E-state index in [4.69, 9.17) is 5.11 Å². The van der Waals surface area contributed by atoms with Crippen molar-refractivity contribution < 1.29 is 14.7 Å². The van der Waals surface area contributed by atoms with Crippen molar-refractivity contribution in [2.75, 3.05) is 6.54 Å². The first-order valence-corrected chi connectivity index (χ1v) is 5.45. The maximum absolute atomic E-state index is 11.4. The maximum Gasteiger partial charge on any atom is 0.308 e. The van der Waals surface area contributed by atoms with Gasteiger partial charge in [0.05, 0.1) is 12.0 Å². The van der Waals surface area contributed by atoms with Gasteiger partial charge in [-0.1, -0.05) is 0 Å². The Kier molecular flexibility index (Phi) is 2.90. The van der Waals surface area contributed by atoms with E-state index in [0.29, 0.717) is 0 Å². The smallest absolute Gasteiger partial charge is 0.308 e. The lowest BCUT2D eigenvalue weighted by atomic mass is 9.79. The van der Waals surface area contributed by atoms with Crippen LogP contribution in [0.5, 0.6) is 0 Å². The molecule has 2 rings (SSSR count). The maximum atomic E-state index is 11.4. The van der Waals surface area contributed by atoms with E-state index in [9.17, 15) is 9.59 Å². The fourth-order valence-corrected chi connectivity index (χ4v) is 2.18. The third-order valence-corrected chi connectivity index (χ3v) is 3.29. The molecule has 1 aliphatic carbocycles. The average molecular weight is 212 g/mol. The van der Waals surface area contributed by atoms with Crippen LogP contribution in [0.3, 0.4) is 0 Å². The number of aliphatic carboxylic acids is 1. The zero-order valence-corrected chi connectivity index (χ0v) is 8.53. The first-order chi connectivity index (χ1) is 7.18. The van der Waals surface area contributed by atoms with Crippen molar-refractivity contribution in [3.63, 3.8) is 0 Å². The molecule has 2 fully saturated rings. The van der Waals surface area contributed by atoms with Crippen molar-refractivity contribution in [3.8, 4) is 0 Å². The molecule has 5 nitrogen and oxygen atoms in total. The first-order valence-electron chi connectivity index (χ1n) is 5.45. The van der Waals surface area contributed by atoms with Gasteiger partial charge in [0.2, 0.25) is 5.91 Å². The van der Waals surface area contributed by atoms with Gasteiger partial charge < -0.3 is 15.7 Å². The lowest BCUT2D eigenvalue weighted by Crippen LogP contribution is -2.57. The van der Waals surface area contributed by atoms with E-state index < -0.39 is 5.97 Å². The van der Waals surface area contributed by atoms with Gasteiger partial charge in [0, 0.05) is 12.6 Å². The highest BCUT2D eigenvalue weighted by Crippen LogP contribution is 2.28. The number of hydrogen-bond donors (Lipinski definition) is 3. The van der Waals surface area contributed by atoms with Gasteiger partial charge in [0.25, 0.3) is 0 Å². The Morgan fingerprint density at radius 3 is 2.73 bits per heavy atom. The molecule has 84 valence electrons. The molecule has 1 amide bonds. The normalized spacial score (nSPS) is 35.5. The van der Waals surface area contributed by atoms with E-state index in [1.54, 1.807) is 0 Å². The molecule has 1 saturated heterocycles. The molecule has 3 atom stereocenters. The van der Waals surface area contributed by atoms with Crippen LogP contribution in [0.15, 0.2) is 0 Å². The van der Waals surface area contributed by atoms with Crippen LogP contribution in [0.2, 0.25) is 0 Å². The Hall–Kier alpha value is -1.10. The van der Waals surface area contributed by atoms with Crippen molar-refractivity contribution in [2.24, 2.45) is 5.92 Å². The highest BCUT2D eigenvalue weighted by Gasteiger charge is 2.38. The van der Waals surface area contributed by atoms with Crippen LogP contribution in [0.25, 0.3) is 0 Å². The van der Waals surface area contributed by atoms with Crippen LogP contribution in [0.4, 0.5) is 0 Å². The molecule has 0 aromatic carbocycles. The van der Waals surface area contributed by atoms with Crippen LogP contribution in [0.1, 0.15) is 25.7 Å². The van der Waals surface area contributed by atoms with Crippen molar-refractivity contribution in [3.05, 3.63) is 0 Å². The number of carbonyl (C=O) groups excluding carboxylic acids is 1. The average Bonchev–Trinajstić information content (AvgIpc) is 2.13. The van der Waals surface area contributed by atoms with Crippen molar-refractivity contribution >= 4 is 11.9 Å². The summed E-state index contributed by atoms with van der Waals surface area (Å²) in [7, 11) is 0. The van der Waals surface area contributed by atoms with Gasteiger partial charge in [-0.05, 0) is 25.7 Å². The van der Waals surface area contributed by atoms with Crippen LogP contribution in [-0.4, -0.2) is 35.6 Å². The quantitative estimate of drug-likeness (QED) is 0.601. The number of nitrogens with one attached hydrogen (secondary N) is 2. The summed E-state index contributed by atoms with van der Waals surface area (Å²) in [6, 6.07) is -0.206. The minimum Gasteiger partial charge on any atom is -0.481 e. The summed E-state index contributed by atoms with van der Waals surface area (Å²) in [5.41, 5.74) is 0. The summed E-state index contributed by atoms with van der Waals surface area (Å²) in [6.07, 6.45) is 3.37. The second-order valence-corrected chi connectivity index (χ2v) is 4.28. The van der Waals surface area contributed by atoms with Crippen LogP contribution in [0, 0.1) is 5.92 Å². The topological polar surface area (TPSA) is 78.4 Å². The molecule has 15 heavy (non-hydrogen) atoms. The van der Waals surface area contributed by atoms with Crippen molar-refractivity contribution in [1.29, 1.82) is 0 Å². The molecule has 0 aromatic rings. The summed E-state index contributed by atoms with van der Waals surface area (Å²) in [5.74, 6) is -1.05. The highest BCUT2D eigenvalue weighted by molar-refractivity contribution is 5.82. The summed E-state index contributed by atoms with van der Waals surface area (Å²) in [5, 5.41) is 14.8. The Bertz CT molecular complexity index is 280. The first kappa shape index (κ1) is 10.4. The molecule has 0 aromatic heterocycles. The number of carboxylic acid groups (broad SMARTS) is 1. The van der Waals surface area contributed by atoms with Crippen molar-refractivity contribution in [1.82, 2.24) is 10.6 Å². The molecule has 0 radical (unpaired) electrons. The van der Waals surface area contributed by atoms with Gasteiger partial charge in [-0.2, -0.15) is 0 Å². The fraction of sp³-hybridized carbons (Fsp3) is 0.800. The standard InChI is InChI=1S/C10H16N2O3/c13-9-8(2-1-5-11-9)12-7-4-3-6(7)10(14)15/h6-8,12H,1-5H2,(H,11,13)(H,14,15). The van der Waals surface area contributed by atoms with Gasteiger partial charge in [-0.3, -0.25) is 9.59 Å². The number of amides is 1. The number of piperidine rings is 1. The number of hydrogen-bond acceptors (Lipinski definition) is 3. The Morgan fingerprint density at radius 1 is 1.40 bits per heavy atom.